The SMILES string of the molecule is COc1cc(Br)c(CN2C(=O)NC(C)(c3ccc([N+](=O)[O-])cc3)C2=O)cc1OC. The Morgan fingerprint density at radius 2 is 1.72 bits per heavy atom. The molecule has 1 aliphatic rings. The van der Waals surface area contributed by atoms with Gasteiger partial charge in [0.15, 0.2) is 11.5 Å². The van der Waals surface area contributed by atoms with Gasteiger partial charge in [-0.2, -0.15) is 0 Å². The summed E-state index contributed by atoms with van der Waals surface area (Å²) in [5.74, 6) is 0.518. The molecule has 0 spiro atoms. The summed E-state index contributed by atoms with van der Waals surface area (Å²) >= 11 is 3.42. The molecule has 29 heavy (non-hydrogen) atoms. The molecule has 2 aromatic rings. The molecular formula is C19H18BrN3O6. The number of hydrogen-bond donors (Lipinski definition) is 1. The van der Waals surface area contributed by atoms with Crippen LogP contribution in [0.3, 0.4) is 0 Å². The Bertz CT molecular complexity index is 994. The fourth-order valence-electron chi connectivity index (χ4n) is 3.14. The molecule has 1 unspecified atom stereocenters. The van der Waals surface area contributed by atoms with E-state index in [4.69, 9.17) is 9.47 Å². The maximum absolute atomic E-state index is 13.1. The Kier molecular flexibility index (Phi) is 5.47. The molecule has 1 N–H and O–H groups in total. The summed E-state index contributed by atoms with van der Waals surface area (Å²) < 4.78 is 11.2. The number of urea groups is 1. The minimum absolute atomic E-state index is 0.00811. The average molecular weight is 464 g/mol. The van der Waals surface area contributed by atoms with Crippen LogP contribution in [0.1, 0.15) is 18.1 Å². The van der Waals surface area contributed by atoms with E-state index >= 15 is 0 Å². The zero-order valence-corrected chi connectivity index (χ0v) is 17.5. The lowest BCUT2D eigenvalue weighted by Gasteiger charge is -2.22. The number of benzene rings is 2. The number of nitro groups is 1. The zero-order valence-electron chi connectivity index (χ0n) is 15.9. The largest absolute Gasteiger partial charge is 0.493 e. The van der Waals surface area contributed by atoms with Crippen molar-refractivity contribution in [2.75, 3.05) is 14.2 Å². The summed E-state index contributed by atoms with van der Waals surface area (Å²) in [5.41, 5.74) is -0.315. The van der Waals surface area contributed by atoms with Gasteiger partial charge in [-0.3, -0.25) is 19.8 Å². The quantitative estimate of drug-likeness (QED) is 0.399. The first-order chi connectivity index (χ1) is 13.7. The van der Waals surface area contributed by atoms with Crippen LogP contribution in [0.2, 0.25) is 0 Å². The molecule has 152 valence electrons. The van der Waals surface area contributed by atoms with Crippen molar-refractivity contribution in [2.45, 2.75) is 19.0 Å². The van der Waals surface area contributed by atoms with Crippen LogP contribution in [0.5, 0.6) is 11.5 Å². The van der Waals surface area contributed by atoms with Gasteiger partial charge in [-0.25, -0.2) is 4.79 Å². The lowest BCUT2D eigenvalue weighted by molar-refractivity contribution is -0.384. The van der Waals surface area contributed by atoms with Gasteiger partial charge in [0.2, 0.25) is 0 Å². The molecule has 0 saturated carbocycles. The summed E-state index contributed by atoms with van der Waals surface area (Å²) in [7, 11) is 3.01. The van der Waals surface area contributed by atoms with E-state index in [0.717, 1.165) is 4.90 Å². The van der Waals surface area contributed by atoms with Crippen LogP contribution in [0.15, 0.2) is 40.9 Å². The number of nitrogens with zero attached hydrogens (tertiary/aromatic N) is 2. The monoisotopic (exact) mass is 463 g/mol. The number of carbonyl (C=O) groups excluding carboxylic acids is 2. The molecule has 3 rings (SSSR count). The fraction of sp³-hybridized carbons (Fsp3) is 0.263. The Labute approximate surface area is 174 Å². The van der Waals surface area contributed by atoms with E-state index in [-0.39, 0.29) is 12.2 Å². The number of methoxy groups -OCH3 is 2. The van der Waals surface area contributed by atoms with Gasteiger partial charge < -0.3 is 14.8 Å². The molecule has 0 bridgehead atoms. The van der Waals surface area contributed by atoms with Crippen molar-refractivity contribution >= 4 is 33.6 Å². The lowest BCUT2D eigenvalue weighted by Crippen LogP contribution is -2.40. The third kappa shape index (κ3) is 3.63. The Balaban J connectivity index is 1.90. The van der Waals surface area contributed by atoms with Crippen LogP contribution in [0.25, 0.3) is 0 Å². The number of carbonyl (C=O) groups is 2. The van der Waals surface area contributed by atoms with Crippen molar-refractivity contribution in [1.29, 1.82) is 0 Å². The van der Waals surface area contributed by atoms with Gasteiger partial charge in [0.25, 0.3) is 11.6 Å². The predicted octanol–water partition coefficient (Wildman–Crippen LogP) is 3.34. The number of rotatable bonds is 6. The third-order valence-electron chi connectivity index (χ3n) is 4.81. The van der Waals surface area contributed by atoms with Crippen molar-refractivity contribution in [2.24, 2.45) is 0 Å². The summed E-state index contributed by atoms with van der Waals surface area (Å²) in [6.45, 7) is 1.58. The molecule has 9 nitrogen and oxygen atoms in total. The molecular weight excluding hydrogens is 446 g/mol. The zero-order chi connectivity index (χ0) is 21.3. The molecule has 0 aliphatic carbocycles. The van der Waals surface area contributed by atoms with Crippen molar-refractivity contribution in [1.82, 2.24) is 10.2 Å². The summed E-state index contributed by atoms with van der Waals surface area (Å²) in [6.07, 6.45) is 0. The number of nitro benzene ring substituents is 1. The van der Waals surface area contributed by atoms with E-state index in [1.54, 1.807) is 19.1 Å². The number of amides is 3. The van der Waals surface area contributed by atoms with Crippen LogP contribution in [0.4, 0.5) is 10.5 Å². The van der Waals surface area contributed by atoms with E-state index in [1.807, 2.05) is 0 Å². The lowest BCUT2D eigenvalue weighted by atomic mass is 9.92. The molecule has 3 amide bonds. The molecule has 1 heterocycles. The first-order valence-electron chi connectivity index (χ1n) is 8.50. The molecule has 1 saturated heterocycles. The molecule has 0 radical (unpaired) electrons. The summed E-state index contributed by atoms with van der Waals surface area (Å²) in [4.78, 5) is 37.1. The summed E-state index contributed by atoms with van der Waals surface area (Å²) in [6, 6.07) is 8.35. The standard InChI is InChI=1S/C19H18BrN3O6/c1-19(12-4-6-13(7-5-12)23(26)27)17(24)22(18(25)21-19)10-11-8-15(28-2)16(29-3)9-14(11)20/h4-9H,10H2,1-3H3,(H,21,25). The molecule has 2 aromatic carbocycles. The maximum Gasteiger partial charge on any atom is 0.325 e. The van der Waals surface area contributed by atoms with Gasteiger partial charge in [-0.1, -0.05) is 15.9 Å². The highest BCUT2D eigenvalue weighted by Crippen LogP contribution is 2.36. The molecule has 1 aliphatic heterocycles. The molecule has 1 atom stereocenters. The Hall–Kier alpha value is -3.14. The van der Waals surface area contributed by atoms with Crippen LogP contribution in [-0.4, -0.2) is 36.0 Å². The number of halogens is 1. The second-order valence-electron chi connectivity index (χ2n) is 6.55. The van der Waals surface area contributed by atoms with E-state index in [9.17, 15) is 19.7 Å². The van der Waals surface area contributed by atoms with Gasteiger partial charge in [0.05, 0.1) is 25.7 Å². The van der Waals surface area contributed by atoms with Gasteiger partial charge in [0.1, 0.15) is 5.54 Å². The topological polar surface area (TPSA) is 111 Å². The van der Waals surface area contributed by atoms with Gasteiger partial charge in [-0.15, -0.1) is 0 Å². The molecule has 1 fully saturated rings. The smallest absolute Gasteiger partial charge is 0.325 e. The molecule has 10 heteroatoms. The van der Waals surface area contributed by atoms with Crippen LogP contribution in [-0.2, 0) is 16.9 Å². The second kappa shape index (κ2) is 7.70. The third-order valence-corrected chi connectivity index (χ3v) is 5.55. The first kappa shape index (κ1) is 20.6. The number of imide groups is 1. The highest BCUT2D eigenvalue weighted by Gasteiger charge is 2.49. The van der Waals surface area contributed by atoms with E-state index in [0.29, 0.717) is 27.1 Å². The van der Waals surface area contributed by atoms with Crippen molar-refractivity contribution < 1.29 is 24.0 Å². The normalized spacial score (nSPS) is 18.6. The highest BCUT2D eigenvalue weighted by molar-refractivity contribution is 9.10. The van der Waals surface area contributed by atoms with Crippen molar-refractivity contribution in [3.63, 3.8) is 0 Å². The minimum atomic E-state index is -1.32. The van der Waals surface area contributed by atoms with E-state index in [1.165, 1.54) is 38.5 Å². The maximum atomic E-state index is 13.1. The number of ether oxygens (including phenoxy) is 2. The van der Waals surface area contributed by atoms with E-state index in [2.05, 4.69) is 21.2 Å². The van der Waals surface area contributed by atoms with Gasteiger partial charge in [-0.05, 0) is 42.3 Å². The van der Waals surface area contributed by atoms with Crippen LogP contribution >= 0.6 is 15.9 Å². The fourth-order valence-corrected chi connectivity index (χ4v) is 3.59. The average Bonchev–Trinajstić information content (AvgIpc) is 2.92. The first-order valence-corrected chi connectivity index (χ1v) is 9.30. The Morgan fingerprint density at radius 3 is 2.28 bits per heavy atom. The van der Waals surface area contributed by atoms with Crippen molar-refractivity contribution in [3.05, 3.63) is 62.1 Å². The van der Waals surface area contributed by atoms with E-state index < -0.39 is 22.4 Å². The molecule has 0 aromatic heterocycles. The highest BCUT2D eigenvalue weighted by atomic mass is 79.9. The van der Waals surface area contributed by atoms with Crippen LogP contribution < -0.4 is 14.8 Å². The van der Waals surface area contributed by atoms with Gasteiger partial charge in [0, 0.05) is 16.6 Å². The Morgan fingerprint density at radius 1 is 1.14 bits per heavy atom. The van der Waals surface area contributed by atoms with Crippen LogP contribution in [0, 0.1) is 10.1 Å². The predicted molar refractivity (Wildman–Crippen MR) is 107 cm³/mol. The number of non-ortho nitro benzene ring substituents is 1. The summed E-state index contributed by atoms with van der Waals surface area (Å²) in [5, 5.41) is 13.5. The number of hydrogen-bond acceptors (Lipinski definition) is 6. The van der Waals surface area contributed by atoms with Crippen molar-refractivity contribution in [3.8, 4) is 11.5 Å². The second-order valence-corrected chi connectivity index (χ2v) is 7.40. The minimum Gasteiger partial charge on any atom is -0.493 e. The number of nitrogens with one attached hydrogen (secondary N) is 1. The van der Waals surface area contributed by atoms with Gasteiger partial charge >= 0.3 is 6.03 Å².